The second kappa shape index (κ2) is 10.6. The molecule has 1 aromatic carbocycles. The summed E-state index contributed by atoms with van der Waals surface area (Å²) < 4.78 is 0. The molecule has 0 atom stereocenters. The van der Waals surface area contributed by atoms with E-state index in [1.165, 1.54) is 56.9 Å². The Morgan fingerprint density at radius 2 is 1.67 bits per heavy atom. The van der Waals surface area contributed by atoms with E-state index in [4.69, 9.17) is 18.0 Å². The van der Waals surface area contributed by atoms with E-state index in [1.807, 2.05) is 6.07 Å². The van der Waals surface area contributed by atoms with Gasteiger partial charge in [0.1, 0.15) is 4.99 Å². The molecule has 0 aliphatic carbocycles. The fourth-order valence-electron chi connectivity index (χ4n) is 2.50. The SMILES string of the molecule is CCCCCCCCCCNc1cc(C)ccc1C(N)=S. The van der Waals surface area contributed by atoms with Crippen molar-refractivity contribution >= 4 is 22.9 Å². The predicted molar refractivity (Wildman–Crippen MR) is 98.2 cm³/mol. The summed E-state index contributed by atoms with van der Waals surface area (Å²) in [4.78, 5) is 0.466. The van der Waals surface area contributed by atoms with Crippen LogP contribution in [0.1, 0.15) is 69.4 Å². The zero-order chi connectivity index (χ0) is 15.5. The van der Waals surface area contributed by atoms with Crippen LogP contribution >= 0.6 is 12.2 Å². The Balaban J connectivity index is 2.21. The van der Waals surface area contributed by atoms with Gasteiger partial charge in [0, 0.05) is 17.8 Å². The Bertz CT molecular complexity index is 429. The van der Waals surface area contributed by atoms with Crippen LogP contribution in [0.15, 0.2) is 18.2 Å². The van der Waals surface area contributed by atoms with Crippen molar-refractivity contribution in [1.29, 1.82) is 0 Å². The predicted octanol–water partition coefficient (Wildman–Crippen LogP) is 5.18. The first-order chi connectivity index (χ1) is 10.1. The molecule has 0 unspecified atom stereocenters. The van der Waals surface area contributed by atoms with Crippen LogP contribution < -0.4 is 11.1 Å². The molecule has 0 bridgehead atoms. The highest BCUT2D eigenvalue weighted by Crippen LogP contribution is 2.18. The molecule has 118 valence electrons. The summed E-state index contributed by atoms with van der Waals surface area (Å²) in [5.74, 6) is 0. The molecule has 0 aromatic heterocycles. The van der Waals surface area contributed by atoms with E-state index in [0.717, 1.165) is 17.8 Å². The number of nitrogens with two attached hydrogens (primary N) is 1. The van der Waals surface area contributed by atoms with Crippen molar-refractivity contribution in [3.63, 3.8) is 0 Å². The average Bonchev–Trinajstić information content (AvgIpc) is 2.45. The second-order valence-electron chi connectivity index (χ2n) is 5.81. The summed E-state index contributed by atoms with van der Waals surface area (Å²) in [6, 6.07) is 6.18. The van der Waals surface area contributed by atoms with Gasteiger partial charge in [0.05, 0.1) is 0 Å². The monoisotopic (exact) mass is 306 g/mol. The van der Waals surface area contributed by atoms with Crippen LogP contribution in [0.3, 0.4) is 0 Å². The number of unbranched alkanes of at least 4 members (excludes halogenated alkanes) is 7. The lowest BCUT2D eigenvalue weighted by Gasteiger charge is -2.12. The molecule has 0 radical (unpaired) electrons. The summed E-state index contributed by atoms with van der Waals surface area (Å²) in [5.41, 5.74) is 9.02. The van der Waals surface area contributed by atoms with Gasteiger partial charge in [-0.3, -0.25) is 0 Å². The van der Waals surface area contributed by atoms with Gasteiger partial charge >= 0.3 is 0 Å². The highest BCUT2D eigenvalue weighted by atomic mass is 32.1. The molecule has 2 nitrogen and oxygen atoms in total. The zero-order valence-corrected chi connectivity index (χ0v) is 14.4. The minimum Gasteiger partial charge on any atom is -0.389 e. The molecule has 0 aliphatic rings. The van der Waals surface area contributed by atoms with Gasteiger partial charge in [0.2, 0.25) is 0 Å². The maximum Gasteiger partial charge on any atom is 0.106 e. The van der Waals surface area contributed by atoms with Crippen LogP contribution in [-0.2, 0) is 0 Å². The van der Waals surface area contributed by atoms with Crippen molar-refractivity contribution in [2.45, 2.75) is 65.2 Å². The Morgan fingerprint density at radius 1 is 1.05 bits per heavy atom. The largest absolute Gasteiger partial charge is 0.389 e. The van der Waals surface area contributed by atoms with E-state index >= 15 is 0 Å². The van der Waals surface area contributed by atoms with E-state index in [-0.39, 0.29) is 0 Å². The number of aryl methyl sites for hydroxylation is 1. The number of nitrogens with one attached hydrogen (secondary N) is 1. The molecule has 3 heteroatoms. The summed E-state index contributed by atoms with van der Waals surface area (Å²) in [6.45, 7) is 5.34. The molecule has 21 heavy (non-hydrogen) atoms. The van der Waals surface area contributed by atoms with Crippen LogP contribution in [-0.4, -0.2) is 11.5 Å². The van der Waals surface area contributed by atoms with E-state index in [9.17, 15) is 0 Å². The molecule has 1 aromatic rings. The van der Waals surface area contributed by atoms with Crippen molar-refractivity contribution < 1.29 is 0 Å². The first-order valence-electron chi connectivity index (χ1n) is 8.29. The van der Waals surface area contributed by atoms with Crippen LogP contribution in [0.5, 0.6) is 0 Å². The van der Waals surface area contributed by atoms with Gasteiger partial charge in [0.25, 0.3) is 0 Å². The number of thiocarbonyl (C=S) groups is 1. The van der Waals surface area contributed by atoms with Crippen molar-refractivity contribution in [2.75, 3.05) is 11.9 Å². The van der Waals surface area contributed by atoms with Crippen LogP contribution in [0.25, 0.3) is 0 Å². The van der Waals surface area contributed by atoms with Gasteiger partial charge in [0.15, 0.2) is 0 Å². The smallest absolute Gasteiger partial charge is 0.106 e. The van der Waals surface area contributed by atoms with Crippen LogP contribution in [0, 0.1) is 6.92 Å². The third kappa shape index (κ3) is 7.47. The number of rotatable bonds is 11. The van der Waals surface area contributed by atoms with E-state index < -0.39 is 0 Å². The lowest BCUT2D eigenvalue weighted by molar-refractivity contribution is 0.581. The Hall–Kier alpha value is -1.09. The topological polar surface area (TPSA) is 38.0 Å². The van der Waals surface area contributed by atoms with Crippen LogP contribution in [0.4, 0.5) is 5.69 Å². The minimum atomic E-state index is 0.466. The first kappa shape index (κ1) is 18.0. The van der Waals surface area contributed by atoms with E-state index in [0.29, 0.717) is 4.99 Å². The number of hydrogen-bond donors (Lipinski definition) is 2. The quantitative estimate of drug-likeness (QED) is 0.437. The van der Waals surface area contributed by atoms with Gasteiger partial charge in [-0.25, -0.2) is 0 Å². The standard InChI is InChI=1S/C18H30N2S/c1-3-4-5-6-7-8-9-10-13-20-17-14-15(2)11-12-16(17)18(19)21/h11-12,14,20H,3-10,13H2,1-2H3,(H2,19,21). The fraction of sp³-hybridized carbons (Fsp3) is 0.611. The maximum atomic E-state index is 5.77. The summed E-state index contributed by atoms with van der Waals surface area (Å²) in [6.07, 6.45) is 10.7. The molecule has 0 aliphatic heterocycles. The normalized spacial score (nSPS) is 10.6. The van der Waals surface area contributed by atoms with Gasteiger partial charge in [-0.15, -0.1) is 0 Å². The number of benzene rings is 1. The average molecular weight is 307 g/mol. The minimum absolute atomic E-state index is 0.466. The number of hydrogen-bond acceptors (Lipinski definition) is 2. The first-order valence-corrected chi connectivity index (χ1v) is 8.70. The van der Waals surface area contributed by atoms with Gasteiger partial charge in [-0.05, 0) is 31.0 Å². The molecule has 0 spiro atoms. The van der Waals surface area contributed by atoms with Gasteiger partial charge in [-0.1, -0.05) is 70.2 Å². The summed E-state index contributed by atoms with van der Waals surface area (Å²) in [7, 11) is 0. The molecule has 0 fully saturated rings. The van der Waals surface area contributed by atoms with Crippen molar-refractivity contribution in [1.82, 2.24) is 0 Å². The fourth-order valence-corrected chi connectivity index (χ4v) is 2.68. The summed E-state index contributed by atoms with van der Waals surface area (Å²) >= 11 is 5.10. The zero-order valence-electron chi connectivity index (χ0n) is 13.6. The van der Waals surface area contributed by atoms with E-state index in [1.54, 1.807) is 0 Å². The Kier molecular flexibility index (Phi) is 9.07. The van der Waals surface area contributed by atoms with E-state index in [2.05, 4.69) is 31.3 Å². The van der Waals surface area contributed by atoms with Crippen molar-refractivity contribution in [3.05, 3.63) is 29.3 Å². The third-order valence-corrected chi connectivity index (χ3v) is 4.01. The molecular formula is C18H30N2S. The lowest BCUT2D eigenvalue weighted by atomic mass is 10.1. The van der Waals surface area contributed by atoms with Gasteiger partial charge in [-0.2, -0.15) is 0 Å². The molecule has 0 heterocycles. The molecule has 0 saturated heterocycles. The Labute approximate surface area is 135 Å². The molecule has 0 saturated carbocycles. The van der Waals surface area contributed by atoms with Crippen LogP contribution in [0.2, 0.25) is 0 Å². The van der Waals surface area contributed by atoms with Crippen molar-refractivity contribution in [2.24, 2.45) is 5.73 Å². The molecule has 3 N–H and O–H groups in total. The maximum absolute atomic E-state index is 5.77. The highest BCUT2D eigenvalue weighted by molar-refractivity contribution is 7.80. The van der Waals surface area contributed by atoms with Crippen molar-refractivity contribution in [3.8, 4) is 0 Å². The number of anilines is 1. The summed E-state index contributed by atoms with van der Waals surface area (Å²) in [5, 5.41) is 3.48. The third-order valence-electron chi connectivity index (χ3n) is 3.79. The lowest BCUT2D eigenvalue weighted by Crippen LogP contribution is -2.14. The molecule has 1 rings (SSSR count). The Morgan fingerprint density at radius 3 is 2.29 bits per heavy atom. The molecule has 0 amide bonds. The highest BCUT2D eigenvalue weighted by Gasteiger charge is 2.04. The van der Waals surface area contributed by atoms with Gasteiger partial charge < -0.3 is 11.1 Å². The molecular weight excluding hydrogens is 276 g/mol. The second-order valence-corrected chi connectivity index (χ2v) is 6.25.